The zero-order chi connectivity index (χ0) is 30.6. The molecule has 1 N–H and O–H groups in total. The number of piperazine rings is 1. The molecule has 226 valence electrons. The molecular weight excluding hydrogens is 551 g/mol. The predicted molar refractivity (Wildman–Crippen MR) is 161 cm³/mol. The number of hydrogen-bond donors (Lipinski definition) is 1. The van der Waals surface area contributed by atoms with E-state index in [4.69, 9.17) is 9.47 Å². The van der Waals surface area contributed by atoms with Gasteiger partial charge in [0, 0.05) is 50.9 Å². The molecule has 2 aliphatic heterocycles. The summed E-state index contributed by atoms with van der Waals surface area (Å²) in [5.74, 6) is 1.27. The SMILES string of the molecule is CN1CCN(c2ccc(Nc3nccc(-c4ccc(O[C@H]5CCN(C(=O)OC(C)(C)C)C[C@H]5F)c(C#N)c4)n3)nc2)CC1. The number of pyridine rings is 1. The van der Waals surface area contributed by atoms with Gasteiger partial charge >= 0.3 is 6.09 Å². The van der Waals surface area contributed by atoms with E-state index in [2.05, 4.69) is 43.2 Å². The maximum Gasteiger partial charge on any atom is 0.410 e. The molecule has 4 heterocycles. The Kier molecular flexibility index (Phi) is 8.92. The van der Waals surface area contributed by atoms with Crippen LogP contribution in [0.15, 0.2) is 48.8 Å². The van der Waals surface area contributed by atoms with Crippen LogP contribution in [-0.2, 0) is 4.74 Å². The minimum atomic E-state index is -1.42. The molecule has 0 radical (unpaired) electrons. The molecule has 0 spiro atoms. The van der Waals surface area contributed by atoms with Gasteiger partial charge in [-0.2, -0.15) is 5.26 Å². The Hall–Kier alpha value is -4.50. The molecule has 3 aromatic rings. The highest BCUT2D eigenvalue weighted by molar-refractivity contribution is 5.68. The minimum absolute atomic E-state index is 0.135. The Balaban J connectivity index is 1.22. The largest absolute Gasteiger partial charge is 0.486 e. The normalized spacial score (nSPS) is 19.4. The number of alkyl halides is 1. The van der Waals surface area contributed by atoms with E-state index in [0.717, 1.165) is 31.9 Å². The number of likely N-dealkylation sites (N-methyl/N-ethyl adjacent to an activating group) is 1. The molecule has 5 rings (SSSR count). The fraction of sp³-hybridized carbons (Fsp3) is 0.452. The Morgan fingerprint density at radius 2 is 1.88 bits per heavy atom. The Morgan fingerprint density at radius 1 is 1.09 bits per heavy atom. The van der Waals surface area contributed by atoms with Crippen molar-refractivity contribution < 1.29 is 18.7 Å². The van der Waals surface area contributed by atoms with Gasteiger partial charge < -0.3 is 29.5 Å². The van der Waals surface area contributed by atoms with E-state index < -0.39 is 24.0 Å². The van der Waals surface area contributed by atoms with Crippen LogP contribution in [0, 0.1) is 11.3 Å². The first-order valence-electron chi connectivity index (χ1n) is 14.4. The van der Waals surface area contributed by atoms with Gasteiger partial charge in [-0.05, 0) is 64.2 Å². The van der Waals surface area contributed by atoms with Crippen molar-refractivity contribution in [3.05, 3.63) is 54.4 Å². The van der Waals surface area contributed by atoms with Crippen molar-refractivity contribution in [3.63, 3.8) is 0 Å². The first-order chi connectivity index (χ1) is 20.6. The lowest BCUT2D eigenvalue weighted by molar-refractivity contribution is -0.0106. The number of aromatic nitrogens is 3. The van der Waals surface area contributed by atoms with Gasteiger partial charge in [0.15, 0.2) is 6.17 Å². The van der Waals surface area contributed by atoms with E-state index in [1.807, 2.05) is 18.3 Å². The van der Waals surface area contributed by atoms with Crippen LogP contribution in [-0.4, -0.2) is 95.0 Å². The van der Waals surface area contributed by atoms with E-state index in [1.54, 1.807) is 51.2 Å². The molecular formula is C31H37FN8O3. The van der Waals surface area contributed by atoms with E-state index in [-0.39, 0.29) is 24.3 Å². The highest BCUT2D eigenvalue weighted by atomic mass is 19.1. The van der Waals surface area contributed by atoms with E-state index in [1.165, 1.54) is 4.90 Å². The number of rotatable bonds is 6. The molecule has 2 fully saturated rings. The van der Waals surface area contributed by atoms with Crippen LogP contribution in [0.1, 0.15) is 32.8 Å². The summed E-state index contributed by atoms with van der Waals surface area (Å²) in [5.41, 5.74) is 1.96. The summed E-state index contributed by atoms with van der Waals surface area (Å²) in [5, 5.41) is 13.0. The molecule has 0 bridgehead atoms. The molecule has 12 heteroatoms. The average Bonchev–Trinajstić information content (AvgIpc) is 2.98. The number of anilines is 3. The van der Waals surface area contributed by atoms with E-state index in [9.17, 15) is 10.1 Å². The van der Waals surface area contributed by atoms with Gasteiger partial charge in [0.05, 0.1) is 29.7 Å². The monoisotopic (exact) mass is 588 g/mol. The van der Waals surface area contributed by atoms with Crippen molar-refractivity contribution >= 4 is 23.5 Å². The number of benzene rings is 1. The molecule has 0 saturated carbocycles. The molecule has 11 nitrogen and oxygen atoms in total. The van der Waals surface area contributed by atoms with Crippen LogP contribution >= 0.6 is 0 Å². The smallest absolute Gasteiger partial charge is 0.410 e. The second kappa shape index (κ2) is 12.8. The van der Waals surface area contributed by atoms with Gasteiger partial charge in [0.1, 0.15) is 29.3 Å². The van der Waals surface area contributed by atoms with Gasteiger partial charge in [-0.15, -0.1) is 0 Å². The van der Waals surface area contributed by atoms with Crippen molar-refractivity contribution in [1.29, 1.82) is 5.26 Å². The zero-order valence-electron chi connectivity index (χ0n) is 25.0. The van der Waals surface area contributed by atoms with Crippen LogP contribution in [0.5, 0.6) is 5.75 Å². The fourth-order valence-electron chi connectivity index (χ4n) is 4.96. The van der Waals surface area contributed by atoms with Crippen LogP contribution in [0.2, 0.25) is 0 Å². The lowest BCUT2D eigenvalue weighted by Crippen LogP contribution is -2.50. The molecule has 2 aromatic heterocycles. The maximum absolute atomic E-state index is 15.0. The molecule has 0 unspecified atom stereocenters. The molecule has 1 aromatic carbocycles. The molecule has 0 aliphatic carbocycles. The summed E-state index contributed by atoms with van der Waals surface area (Å²) in [7, 11) is 2.13. The first-order valence-corrected chi connectivity index (χ1v) is 14.4. The molecule has 2 atom stereocenters. The van der Waals surface area contributed by atoms with E-state index in [0.29, 0.717) is 29.6 Å². The van der Waals surface area contributed by atoms with Gasteiger partial charge in [-0.3, -0.25) is 0 Å². The van der Waals surface area contributed by atoms with Gasteiger partial charge in [-0.1, -0.05) is 0 Å². The molecule has 1 amide bonds. The van der Waals surface area contributed by atoms with Crippen LogP contribution in [0.4, 0.5) is 26.6 Å². The summed E-state index contributed by atoms with van der Waals surface area (Å²) in [6, 6.07) is 12.9. The second-order valence-electron chi connectivity index (χ2n) is 11.8. The third-order valence-corrected chi connectivity index (χ3v) is 7.32. The van der Waals surface area contributed by atoms with Gasteiger partial charge in [-0.25, -0.2) is 24.1 Å². The average molecular weight is 589 g/mol. The number of nitrogens with one attached hydrogen (secondary N) is 1. The number of likely N-dealkylation sites (tertiary alicyclic amines) is 1. The summed E-state index contributed by atoms with van der Waals surface area (Å²) >= 11 is 0. The Morgan fingerprint density at radius 3 is 2.56 bits per heavy atom. The van der Waals surface area contributed by atoms with Crippen LogP contribution in [0.25, 0.3) is 11.3 Å². The Bertz CT molecular complexity index is 1470. The van der Waals surface area contributed by atoms with Crippen LogP contribution < -0.4 is 15.0 Å². The van der Waals surface area contributed by atoms with Crippen molar-refractivity contribution in [2.75, 3.05) is 56.5 Å². The van der Waals surface area contributed by atoms with Crippen LogP contribution in [0.3, 0.4) is 0 Å². The third-order valence-electron chi connectivity index (χ3n) is 7.32. The lowest BCUT2D eigenvalue weighted by Gasteiger charge is -2.35. The third kappa shape index (κ3) is 7.67. The molecule has 2 saturated heterocycles. The Labute approximate surface area is 251 Å². The number of ether oxygens (including phenoxy) is 2. The fourth-order valence-corrected chi connectivity index (χ4v) is 4.96. The highest BCUT2D eigenvalue weighted by Gasteiger charge is 2.35. The van der Waals surface area contributed by atoms with Crippen molar-refractivity contribution in [1.82, 2.24) is 24.8 Å². The number of amides is 1. The number of nitrogens with zero attached hydrogens (tertiary/aromatic N) is 7. The topological polar surface area (TPSA) is 120 Å². The molecule has 2 aliphatic rings. The number of carbonyl (C=O) groups excluding carboxylic acids is 1. The quantitative estimate of drug-likeness (QED) is 0.436. The van der Waals surface area contributed by atoms with Gasteiger partial charge in [0.2, 0.25) is 5.95 Å². The standard InChI is InChI=1S/C31H37FN8O3/c1-31(2,3)43-30(41)40-12-10-27(24(32)20-40)42-26-7-5-21(17-22(26)18-33)25-9-11-34-29(36-25)37-28-8-6-23(19-35-28)39-15-13-38(4)14-16-39/h5-9,11,17,19,24,27H,10,12-16,20H2,1-4H3,(H,34,35,36,37)/t24-,27+/m1/s1. The van der Waals surface area contributed by atoms with Crippen molar-refractivity contribution in [2.24, 2.45) is 0 Å². The number of carbonyl (C=O) groups is 1. The van der Waals surface area contributed by atoms with Crippen molar-refractivity contribution in [3.8, 4) is 23.1 Å². The zero-order valence-corrected chi connectivity index (χ0v) is 25.0. The number of hydrogen-bond acceptors (Lipinski definition) is 10. The van der Waals surface area contributed by atoms with Crippen molar-refractivity contribution in [2.45, 2.75) is 45.1 Å². The summed E-state index contributed by atoms with van der Waals surface area (Å²) in [6.07, 6.45) is 0.991. The summed E-state index contributed by atoms with van der Waals surface area (Å²) in [4.78, 5) is 31.8. The minimum Gasteiger partial charge on any atom is -0.486 e. The maximum atomic E-state index is 15.0. The lowest BCUT2D eigenvalue weighted by atomic mass is 10.0. The second-order valence-corrected chi connectivity index (χ2v) is 11.8. The highest BCUT2D eigenvalue weighted by Crippen LogP contribution is 2.29. The van der Waals surface area contributed by atoms with E-state index >= 15 is 4.39 Å². The molecule has 43 heavy (non-hydrogen) atoms. The van der Waals surface area contributed by atoms with Gasteiger partial charge in [0.25, 0.3) is 0 Å². The summed E-state index contributed by atoms with van der Waals surface area (Å²) in [6.45, 7) is 9.44. The first kappa shape index (κ1) is 30.0. The number of halogens is 1. The number of piperidine rings is 1. The predicted octanol–water partition coefficient (Wildman–Crippen LogP) is 4.63. The summed E-state index contributed by atoms with van der Waals surface area (Å²) < 4.78 is 26.3. The number of nitriles is 1.